The molecule has 0 bridgehead atoms. The lowest BCUT2D eigenvalue weighted by molar-refractivity contribution is 0.0345. The summed E-state index contributed by atoms with van der Waals surface area (Å²) < 4.78 is 0. The van der Waals surface area contributed by atoms with E-state index >= 15 is 0 Å². The normalized spacial score (nSPS) is 37.4. The van der Waals surface area contributed by atoms with Crippen LogP contribution in [0.25, 0.3) is 0 Å². The summed E-state index contributed by atoms with van der Waals surface area (Å²) in [6.07, 6.45) is 5.77. The summed E-state index contributed by atoms with van der Waals surface area (Å²) in [5, 5.41) is 0. The fourth-order valence-electron chi connectivity index (χ4n) is 2.49. The van der Waals surface area contributed by atoms with Gasteiger partial charge in [0.25, 0.3) is 0 Å². The van der Waals surface area contributed by atoms with Gasteiger partial charge < -0.3 is 0 Å². The summed E-state index contributed by atoms with van der Waals surface area (Å²) in [4.78, 5) is 0. The van der Waals surface area contributed by atoms with E-state index in [1.165, 1.54) is 25.7 Å². The van der Waals surface area contributed by atoms with Gasteiger partial charge in [-0.25, -0.2) is 0 Å². The highest BCUT2D eigenvalue weighted by Crippen LogP contribution is 2.51. The molecule has 0 atom stereocenters. The molecule has 0 nitrogen and oxygen atoms in total. The summed E-state index contributed by atoms with van der Waals surface area (Å²) in [5.74, 6) is 1.95. The summed E-state index contributed by atoms with van der Waals surface area (Å²) in [6.45, 7) is 9.47. The fraction of sp³-hybridized carbons (Fsp3) is 1.00. The van der Waals surface area contributed by atoms with Crippen LogP contribution in [0.5, 0.6) is 0 Å². The van der Waals surface area contributed by atoms with Gasteiger partial charge in [0.15, 0.2) is 0 Å². The van der Waals surface area contributed by atoms with Crippen LogP contribution in [0.2, 0.25) is 0 Å². The maximum Gasteiger partial charge on any atom is -0.0320 e. The topological polar surface area (TPSA) is 0 Å². The van der Waals surface area contributed by atoms with Crippen molar-refractivity contribution in [3.8, 4) is 0 Å². The Morgan fingerprint density at radius 3 is 2.27 bits per heavy atom. The summed E-state index contributed by atoms with van der Waals surface area (Å²) in [6, 6.07) is 0. The van der Waals surface area contributed by atoms with Crippen molar-refractivity contribution in [1.29, 1.82) is 0 Å². The molecule has 11 heavy (non-hydrogen) atoms. The third kappa shape index (κ3) is 1.98. The molecule has 0 radical (unpaired) electrons. The van der Waals surface area contributed by atoms with Crippen molar-refractivity contribution in [3.63, 3.8) is 0 Å². The Kier molecular flexibility index (Phi) is 2.61. The Labute approximate surface area is 71.4 Å². The molecule has 0 unspecified atom stereocenters. The molecule has 1 rings (SSSR count). The van der Waals surface area contributed by atoms with Crippen molar-refractivity contribution in [3.05, 3.63) is 0 Å². The molecule has 0 aromatic heterocycles. The van der Waals surface area contributed by atoms with Crippen LogP contribution in [0.4, 0.5) is 0 Å². The molecule has 1 aliphatic carbocycles. The molecule has 0 amide bonds. The fourth-order valence-corrected chi connectivity index (χ4v) is 2.49. The molecular weight excluding hydrogens is 132 g/mol. The van der Waals surface area contributed by atoms with Crippen molar-refractivity contribution >= 4 is 0 Å². The second-order valence-corrected chi connectivity index (χ2v) is 4.97. The van der Waals surface area contributed by atoms with E-state index in [-0.39, 0.29) is 0 Å². The number of hydrogen-bond acceptors (Lipinski definition) is 0. The first-order valence-electron chi connectivity index (χ1n) is 5.07. The summed E-state index contributed by atoms with van der Waals surface area (Å²) in [7, 11) is 0. The van der Waals surface area contributed by atoms with Gasteiger partial charge in [-0.2, -0.15) is 0 Å². The van der Waals surface area contributed by atoms with Gasteiger partial charge in [0, 0.05) is 0 Å². The molecule has 66 valence electrons. The Balaban J connectivity index is 2.26. The minimum absolute atomic E-state index is 0.726. The Morgan fingerprint density at radius 2 is 1.91 bits per heavy atom. The van der Waals surface area contributed by atoms with Crippen LogP contribution in [0, 0.1) is 17.3 Å². The van der Waals surface area contributed by atoms with E-state index in [0.29, 0.717) is 0 Å². The zero-order valence-electron chi connectivity index (χ0n) is 8.48. The van der Waals surface area contributed by atoms with Crippen LogP contribution in [-0.4, -0.2) is 0 Å². The molecule has 0 aromatic carbocycles. The smallest absolute Gasteiger partial charge is 0.0320 e. The number of rotatable bonds is 3. The molecule has 0 heterocycles. The molecule has 0 saturated heterocycles. The predicted octanol–water partition coefficient (Wildman–Crippen LogP) is 3.86. The van der Waals surface area contributed by atoms with Gasteiger partial charge in [0.2, 0.25) is 0 Å². The van der Waals surface area contributed by atoms with E-state index in [2.05, 4.69) is 27.7 Å². The third-order valence-electron chi connectivity index (χ3n) is 3.31. The maximum atomic E-state index is 2.45. The first-order valence-corrected chi connectivity index (χ1v) is 5.07. The second-order valence-electron chi connectivity index (χ2n) is 4.97. The minimum Gasteiger partial charge on any atom is -0.0654 e. The highest BCUT2D eigenvalue weighted by molar-refractivity contribution is 4.90. The van der Waals surface area contributed by atoms with Crippen LogP contribution in [0.1, 0.15) is 53.4 Å². The van der Waals surface area contributed by atoms with Crippen molar-refractivity contribution < 1.29 is 0 Å². The van der Waals surface area contributed by atoms with Crippen molar-refractivity contribution in [2.75, 3.05) is 0 Å². The van der Waals surface area contributed by atoms with Gasteiger partial charge in [-0.1, -0.05) is 34.1 Å². The van der Waals surface area contributed by atoms with Gasteiger partial charge in [0.05, 0.1) is 0 Å². The molecule has 0 heteroatoms. The van der Waals surface area contributed by atoms with Gasteiger partial charge in [-0.05, 0) is 36.5 Å². The van der Waals surface area contributed by atoms with Gasteiger partial charge in [-0.15, -0.1) is 0 Å². The molecule has 1 aliphatic rings. The van der Waals surface area contributed by atoms with E-state index in [0.717, 1.165) is 17.3 Å². The lowest BCUT2D eigenvalue weighted by Crippen LogP contribution is -2.36. The maximum absolute atomic E-state index is 2.45. The van der Waals surface area contributed by atoms with Crippen LogP contribution < -0.4 is 0 Å². The van der Waals surface area contributed by atoms with Crippen molar-refractivity contribution in [2.45, 2.75) is 53.4 Å². The van der Waals surface area contributed by atoms with Gasteiger partial charge in [0.1, 0.15) is 0 Å². The zero-order chi connectivity index (χ0) is 8.48. The predicted molar refractivity (Wildman–Crippen MR) is 50.6 cm³/mol. The molecule has 0 spiro atoms. The summed E-state index contributed by atoms with van der Waals surface area (Å²) >= 11 is 0. The molecule has 0 aromatic rings. The highest BCUT2D eigenvalue weighted by atomic mass is 14.4. The van der Waals surface area contributed by atoms with Crippen LogP contribution >= 0.6 is 0 Å². The molecule has 0 N–H and O–H groups in total. The minimum atomic E-state index is 0.726. The van der Waals surface area contributed by atoms with E-state index in [1.807, 2.05) is 0 Å². The monoisotopic (exact) mass is 154 g/mol. The molecular formula is C11H22. The highest BCUT2D eigenvalue weighted by Gasteiger charge is 2.40. The Morgan fingerprint density at radius 1 is 1.36 bits per heavy atom. The van der Waals surface area contributed by atoms with Crippen molar-refractivity contribution in [1.82, 2.24) is 0 Å². The first kappa shape index (κ1) is 9.09. The zero-order valence-corrected chi connectivity index (χ0v) is 8.48. The van der Waals surface area contributed by atoms with E-state index in [1.54, 1.807) is 0 Å². The third-order valence-corrected chi connectivity index (χ3v) is 3.31. The van der Waals surface area contributed by atoms with E-state index in [9.17, 15) is 0 Å². The standard InChI is InChI=1S/C11H22/c1-5-6-11(4)7-10(8-11)9(2)3/h9-10H,5-8H2,1-4H3. The van der Waals surface area contributed by atoms with E-state index < -0.39 is 0 Å². The largest absolute Gasteiger partial charge is 0.0654 e. The second kappa shape index (κ2) is 3.16. The Bertz CT molecular complexity index is 118. The molecule has 1 fully saturated rings. The van der Waals surface area contributed by atoms with Gasteiger partial charge >= 0.3 is 0 Å². The quantitative estimate of drug-likeness (QED) is 0.579. The molecule has 1 saturated carbocycles. The Hall–Kier alpha value is 0. The van der Waals surface area contributed by atoms with Crippen LogP contribution in [-0.2, 0) is 0 Å². The lowest BCUT2D eigenvalue weighted by Gasteiger charge is -2.47. The average Bonchev–Trinajstić information content (AvgIpc) is 1.82. The number of hydrogen-bond donors (Lipinski definition) is 0. The molecule has 0 aliphatic heterocycles. The lowest BCUT2D eigenvalue weighted by atomic mass is 9.58. The summed E-state index contributed by atoms with van der Waals surface area (Å²) in [5.41, 5.74) is 0.726. The van der Waals surface area contributed by atoms with Crippen LogP contribution in [0.15, 0.2) is 0 Å². The first-order chi connectivity index (χ1) is 5.07. The average molecular weight is 154 g/mol. The SMILES string of the molecule is CCCC1(C)CC(C(C)C)C1. The van der Waals surface area contributed by atoms with Gasteiger partial charge in [-0.3, -0.25) is 0 Å². The van der Waals surface area contributed by atoms with Crippen LogP contribution in [0.3, 0.4) is 0 Å². The van der Waals surface area contributed by atoms with Crippen molar-refractivity contribution in [2.24, 2.45) is 17.3 Å². The van der Waals surface area contributed by atoms with E-state index in [4.69, 9.17) is 0 Å².